The Morgan fingerprint density at radius 3 is 2.71 bits per heavy atom. The number of rotatable bonds is 3. The van der Waals surface area contributed by atoms with E-state index in [2.05, 4.69) is 10.6 Å². The van der Waals surface area contributed by atoms with Gasteiger partial charge in [0.1, 0.15) is 0 Å². The van der Waals surface area contributed by atoms with Crippen molar-refractivity contribution < 1.29 is 13.2 Å². The zero-order chi connectivity index (χ0) is 19.9. The molecular weight excluding hydrogens is 383 g/mol. The maximum absolute atomic E-state index is 13.5. The van der Waals surface area contributed by atoms with Gasteiger partial charge in [0.05, 0.1) is 22.6 Å². The largest absolute Gasteiger partial charge is 0.416 e. The molecule has 28 heavy (non-hydrogen) atoms. The lowest BCUT2D eigenvalue weighted by Crippen LogP contribution is -2.36. The molecule has 2 aromatic carbocycles. The highest BCUT2D eigenvalue weighted by Gasteiger charge is 2.34. The van der Waals surface area contributed by atoms with Crippen molar-refractivity contribution in [3.8, 4) is 0 Å². The molecular formula is C21H24F3N3S. The fourth-order valence-electron chi connectivity index (χ4n) is 4.10. The Bertz CT molecular complexity index is 868. The van der Waals surface area contributed by atoms with Gasteiger partial charge in [-0.1, -0.05) is 30.3 Å². The average Bonchev–Trinajstić information content (AvgIpc) is 2.65. The molecule has 1 saturated carbocycles. The predicted octanol–water partition coefficient (Wildman–Crippen LogP) is 6.23. The zero-order valence-corrected chi connectivity index (χ0v) is 16.5. The summed E-state index contributed by atoms with van der Waals surface area (Å²) in [5.74, 6) is 0.359. The van der Waals surface area contributed by atoms with Gasteiger partial charge >= 0.3 is 6.18 Å². The molecule has 0 amide bonds. The van der Waals surface area contributed by atoms with Crippen LogP contribution in [0.4, 0.5) is 30.2 Å². The van der Waals surface area contributed by atoms with E-state index in [0.29, 0.717) is 22.2 Å². The van der Waals surface area contributed by atoms with Gasteiger partial charge in [0.15, 0.2) is 0 Å². The smallest absolute Gasteiger partial charge is 0.381 e. The van der Waals surface area contributed by atoms with E-state index in [9.17, 15) is 13.2 Å². The van der Waals surface area contributed by atoms with Crippen LogP contribution in [0.25, 0.3) is 0 Å². The first-order valence-corrected chi connectivity index (χ1v) is 10.4. The number of fused-ring (bicyclic) bond motifs is 2. The van der Waals surface area contributed by atoms with Gasteiger partial charge in [-0.2, -0.15) is 13.2 Å². The van der Waals surface area contributed by atoms with E-state index in [-0.39, 0.29) is 12.1 Å². The Morgan fingerprint density at radius 2 is 1.96 bits per heavy atom. The number of hydrogen-bond acceptors (Lipinski definition) is 4. The minimum Gasteiger partial charge on any atom is -0.381 e. The maximum atomic E-state index is 13.5. The molecule has 3 atom stereocenters. The number of nitrogens with two attached hydrogens (primary N) is 1. The SMILES string of the molecule is CC(Nc1cc(C(F)(F)F)cc2c1Nc1ccccc1S2)C1CCCC(N)C1. The lowest BCUT2D eigenvalue weighted by Gasteiger charge is -2.33. The van der Waals surface area contributed by atoms with Crippen LogP contribution in [0.3, 0.4) is 0 Å². The van der Waals surface area contributed by atoms with Crippen molar-refractivity contribution in [3.05, 3.63) is 42.0 Å². The summed E-state index contributed by atoms with van der Waals surface area (Å²) < 4.78 is 40.5. The van der Waals surface area contributed by atoms with E-state index in [0.717, 1.165) is 36.3 Å². The molecule has 0 saturated heterocycles. The minimum absolute atomic E-state index is 0.0444. The van der Waals surface area contributed by atoms with Crippen LogP contribution in [-0.2, 0) is 6.18 Å². The zero-order valence-electron chi connectivity index (χ0n) is 15.6. The van der Waals surface area contributed by atoms with E-state index in [1.54, 1.807) is 0 Å². The Morgan fingerprint density at radius 1 is 1.18 bits per heavy atom. The van der Waals surface area contributed by atoms with Crippen LogP contribution >= 0.6 is 11.8 Å². The molecule has 0 bridgehead atoms. The third-order valence-corrected chi connectivity index (χ3v) is 6.76. The molecule has 4 rings (SSSR count). The van der Waals surface area contributed by atoms with Crippen LogP contribution in [0.2, 0.25) is 0 Å². The molecule has 0 spiro atoms. The highest BCUT2D eigenvalue weighted by molar-refractivity contribution is 7.99. The number of benzene rings is 2. The summed E-state index contributed by atoms with van der Waals surface area (Å²) >= 11 is 1.37. The first-order valence-electron chi connectivity index (χ1n) is 9.62. The Hall–Kier alpha value is -1.86. The van der Waals surface area contributed by atoms with Crippen LogP contribution < -0.4 is 16.4 Å². The van der Waals surface area contributed by atoms with Gasteiger partial charge in [0.2, 0.25) is 0 Å². The van der Waals surface area contributed by atoms with E-state index >= 15 is 0 Å². The summed E-state index contributed by atoms with van der Waals surface area (Å²) in [4.78, 5) is 1.51. The number of para-hydroxylation sites is 1. The van der Waals surface area contributed by atoms with Gasteiger partial charge < -0.3 is 16.4 Å². The molecule has 0 radical (unpaired) electrons. The van der Waals surface area contributed by atoms with Gasteiger partial charge in [0.25, 0.3) is 0 Å². The molecule has 2 aromatic rings. The molecule has 2 aliphatic rings. The first-order chi connectivity index (χ1) is 13.3. The summed E-state index contributed by atoms with van der Waals surface area (Å²) in [6, 6.07) is 10.3. The second kappa shape index (κ2) is 7.52. The van der Waals surface area contributed by atoms with Crippen LogP contribution in [0.1, 0.15) is 38.2 Å². The van der Waals surface area contributed by atoms with Gasteiger partial charge in [-0.25, -0.2) is 0 Å². The third kappa shape index (κ3) is 3.96. The molecule has 3 unspecified atom stereocenters. The van der Waals surface area contributed by atoms with Crippen molar-refractivity contribution in [1.82, 2.24) is 0 Å². The lowest BCUT2D eigenvalue weighted by atomic mass is 9.82. The van der Waals surface area contributed by atoms with Crippen LogP contribution in [0.15, 0.2) is 46.2 Å². The van der Waals surface area contributed by atoms with E-state index < -0.39 is 11.7 Å². The minimum atomic E-state index is -4.39. The molecule has 3 nitrogen and oxygen atoms in total. The molecule has 4 N–H and O–H groups in total. The standard InChI is InChI=1S/C21H24F3N3S/c1-12(13-5-4-6-15(25)9-13)26-17-10-14(21(22,23)24)11-19-20(17)27-16-7-2-3-8-18(16)28-19/h2-3,7-8,10-13,15,26-27H,4-6,9,25H2,1H3. The second-order valence-electron chi connectivity index (χ2n) is 7.74. The Kier molecular flexibility index (Phi) is 5.22. The van der Waals surface area contributed by atoms with Crippen molar-refractivity contribution in [3.63, 3.8) is 0 Å². The summed E-state index contributed by atoms with van der Waals surface area (Å²) in [5, 5.41) is 6.70. The van der Waals surface area contributed by atoms with E-state index in [1.807, 2.05) is 31.2 Å². The lowest BCUT2D eigenvalue weighted by molar-refractivity contribution is -0.137. The third-order valence-electron chi connectivity index (χ3n) is 5.64. The molecule has 1 fully saturated rings. The van der Waals surface area contributed by atoms with Crippen molar-refractivity contribution in [2.75, 3.05) is 10.6 Å². The van der Waals surface area contributed by atoms with Crippen LogP contribution in [-0.4, -0.2) is 12.1 Å². The number of hydrogen-bond donors (Lipinski definition) is 3. The van der Waals surface area contributed by atoms with Crippen LogP contribution in [0, 0.1) is 5.92 Å². The maximum Gasteiger partial charge on any atom is 0.416 e. The quantitative estimate of drug-likeness (QED) is 0.482. The van der Waals surface area contributed by atoms with Crippen molar-refractivity contribution >= 4 is 28.8 Å². The molecule has 1 aliphatic heterocycles. The van der Waals surface area contributed by atoms with Gasteiger partial charge in [-0.15, -0.1) is 0 Å². The Labute approximate surface area is 167 Å². The van der Waals surface area contributed by atoms with Crippen molar-refractivity contribution in [1.29, 1.82) is 0 Å². The number of nitrogens with one attached hydrogen (secondary N) is 2. The predicted molar refractivity (Wildman–Crippen MR) is 108 cm³/mol. The van der Waals surface area contributed by atoms with Crippen molar-refractivity contribution in [2.45, 2.75) is 60.7 Å². The molecule has 7 heteroatoms. The van der Waals surface area contributed by atoms with Gasteiger partial charge in [-0.3, -0.25) is 0 Å². The summed E-state index contributed by atoms with van der Waals surface area (Å²) in [6.45, 7) is 2.04. The molecule has 0 aromatic heterocycles. The monoisotopic (exact) mass is 407 g/mol. The average molecular weight is 408 g/mol. The highest BCUT2D eigenvalue weighted by Crippen LogP contribution is 2.49. The number of alkyl halides is 3. The molecule has 150 valence electrons. The first kappa shape index (κ1) is 19.5. The van der Waals surface area contributed by atoms with Gasteiger partial charge in [0, 0.05) is 21.9 Å². The number of anilines is 3. The second-order valence-corrected chi connectivity index (χ2v) is 8.82. The van der Waals surface area contributed by atoms with E-state index in [1.165, 1.54) is 23.9 Å². The Balaban J connectivity index is 1.68. The van der Waals surface area contributed by atoms with Gasteiger partial charge in [-0.05, 0) is 56.4 Å². The summed E-state index contributed by atoms with van der Waals surface area (Å²) in [7, 11) is 0. The number of halogens is 3. The normalized spacial score (nSPS) is 22.6. The highest BCUT2D eigenvalue weighted by atomic mass is 32.2. The molecule has 1 heterocycles. The fraction of sp³-hybridized carbons (Fsp3) is 0.429. The summed E-state index contributed by atoms with van der Waals surface area (Å²) in [6.07, 6.45) is -0.342. The fourth-order valence-corrected chi connectivity index (χ4v) is 5.16. The van der Waals surface area contributed by atoms with Crippen molar-refractivity contribution in [2.24, 2.45) is 11.7 Å². The summed E-state index contributed by atoms with van der Waals surface area (Å²) in [5.41, 5.74) is 7.60. The molecule has 1 aliphatic carbocycles. The van der Waals surface area contributed by atoms with E-state index in [4.69, 9.17) is 5.73 Å². The van der Waals surface area contributed by atoms with Crippen LogP contribution in [0.5, 0.6) is 0 Å². The topological polar surface area (TPSA) is 50.1 Å².